The summed E-state index contributed by atoms with van der Waals surface area (Å²) < 4.78 is 31.9. The fourth-order valence-electron chi connectivity index (χ4n) is 4.40. The van der Waals surface area contributed by atoms with Crippen LogP contribution in [0.15, 0.2) is 48.8 Å². The number of halogens is 2. The van der Waals surface area contributed by atoms with Crippen LogP contribution in [0, 0.1) is 5.92 Å². The average molecular weight is 455 g/mol. The van der Waals surface area contributed by atoms with Crippen molar-refractivity contribution in [3.8, 4) is 17.0 Å². The van der Waals surface area contributed by atoms with Crippen LogP contribution < -0.4 is 10.1 Å². The molecule has 2 aromatic heterocycles. The van der Waals surface area contributed by atoms with Gasteiger partial charge >= 0.3 is 6.61 Å². The van der Waals surface area contributed by atoms with Gasteiger partial charge in [0.1, 0.15) is 5.75 Å². The van der Waals surface area contributed by atoms with Gasteiger partial charge in [0.15, 0.2) is 0 Å². The molecule has 1 aliphatic carbocycles. The molecule has 1 aliphatic rings. The third kappa shape index (κ3) is 5.56. The van der Waals surface area contributed by atoms with Gasteiger partial charge in [-0.1, -0.05) is 18.2 Å². The standard InChI is InChI=1S/C25H28F2N4O2/c1-16(2)31-22-11-17(12-23(32)29-15-18-5-4-10-28-14-18)8-9-21(22)24(30-31)19-6-3-7-20(13-19)33-25(26)27/h3-7,10,13-14,16-17,25H,8-9,11-12,15H2,1-2H3,(H,29,32). The van der Waals surface area contributed by atoms with E-state index in [1.807, 2.05) is 22.9 Å². The number of aromatic nitrogens is 3. The Morgan fingerprint density at radius 3 is 2.85 bits per heavy atom. The number of carbonyl (C=O) groups excluding carboxylic acids is 1. The lowest BCUT2D eigenvalue weighted by Crippen LogP contribution is -2.28. The van der Waals surface area contributed by atoms with E-state index in [0.717, 1.165) is 47.3 Å². The zero-order chi connectivity index (χ0) is 23.4. The number of carbonyl (C=O) groups is 1. The minimum atomic E-state index is -2.87. The van der Waals surface area contributed by atoms with Gasteiger partial charge in [-0.05, 0) is 62.8 Å². The van der Waals surface area contributed by atoms with Crippen LogP contribution >= 0.6 is 0 Å². The fraction of sp³-hybridized carbons (Fsp3) is 0.400. The molecule has 6 nitrogen and oxygen atoms in total. The maximum atomic E-state index is 12.7. The Labute approximate surface area is 192 Å². The molecule has 1 atom stereocenters. The molecule has 1 N–H and O–H groups in total. The second-order valence-corrected chi connectivity index (χ2v) is 8.67. The third-order valence-electron chi connectivity index (χ3n) is 5.91. The van der Waals surface area contributed by atoms with E-state index >= 15 is 0 Å². The van der Waals surface area contributed by atoms with Gasteiger partial charge in [-0.3, -0.25) is 14.5 Å². The first kappa shape index (κ1) is 22.9. The summed E-state index contributed by atoms with van der Waals surface area (Å²) >= 11 is 0. The van der Waals surface area contributed by atoms with Crippen molar-refractivity contribution in [3.63, 3.8) is 0 Å². The summed E-state index contributed by atoms with van der Waals surface area (Å²) in [6.45, 7) is 1.73. The van der Waals surface area contributed by atoms with Crippen LogP contribution in [-0.4, -0.2) is 27.3 Å². The first-order valence-corrected chi connectivity index (χ1v) is 11.2. The number of pyridine rings is 1. The number of hydrogen-bond acceptors (Lipinski definition) is 4. The zero-order valence-electron chi connectivity index (χ0n) is 18.8. The topological polar surface area (TPSA) is 69.0 Å². The molecule has 2 heterocycles. The average Bonchev–Trinajstić information content (AvgIpc) is 3.17. The van der Waals surface area contributed by atoms with Crippen molar-refractivity contribution >= 4 is 5.91 Å². The number of nitrogens with one attached hydrogen (secondary N) is 1. The first-order chi connectivity index (χ1) is 15.9. The lowest BCUT2D eigenvalue weighted by Gasteiger charge is -2.24. The molecule has 0 radical (unpaired) electrons. The number of nitrogens with zero attached hydrogens (tertiary/aromatic N) is 3. The van der Waals surface area contributed by atoms with E-state index in [-0.39, 0.29) is 23.6 Å². The predicted molar refractivity (Wildman–Crippen MR) is 121 cm³/mol. The molecule has 0 aliphatic heterocycles. The lowest BCUT2D eigenvalue weighted by molar-refractivity contribution is -0.122. The minimum Gasteiger partial charge on any atom is -0.435 e. The van der Waals surface area contributed by atoms with Gasteiger partial charge in [0, 0.05) is 48.2 Å². The summed E-state index contributed by atoms with van der Waals surface area (Å²) in [4.78, 5) is 16.6. The second kappa shape index (κ2) is 10.1. The van der Waals surface area contributed by atoms with Crippen molar-refractivity contribution in [2.24, 2.45) is 5.92 Å². The first-order valence-electron chi connectivity index (χ1n) is 11.2. The summed E-state index contributed by atoms with van der Waals surface area (Å²) in [7, 11) is 0. The van der Waals surface area contributed by atoms with Gasteiger partial charge in [0.05, 0.1) is 5.69 Å². The number of rotatable bonds is 8. The summed E-state index contributed by atoms with van der Waals surface area (Å²) in [6.07, 6.45) is 6.33. The molecule has 33 heavy (non-hydrogen) atoms. The van der Waals surface area contributed by atoms with Gasteiger partial charge in [0.25, 0.3) is 0 Å². The van der Waals surface area contributed by atoms with Crippen LogP contribution in [0.5, 0.6) is 5.75 Å². The van der Waals surface area contributed by atoms with Crippen molar-refractivity contribution in [2.45, 2.75) is 58.7 Å². The molecule has 3 aromatic rings. The Kier molecular flexibility index (Phi) is 7.01. The van der Waals surface area contributed by atoms with Gasteiger partial charge in [-0.15, -0.1) is 0 Å². The van der Waals surface area contributed by atoms with Gasteiger partial charge in [-0.25, -0.2) is 0 Å². The van der Waals surface area contributed by atoms with E-state index in [0.29, 0.717) is 13.0 Å². The van der Waals surface area contributed by atoms with E-state index in [9.17, 15) is 13.6 Å². The number of benzene rings is 1. The SMILES string of the molecule is CC(C)n1nc(-c2cccc(OC(F)F)c2)c2c1CC(CC(=O)NCc1cccnc1)CC2. The third-order valence-corrected chi connectivity index (χ3v) is 5.91. The van der Waals surface area contributed by atoms with Crippen molar-refractivity contribution < 1.29 is 18.3 Å². The summed E-state index contributed by atoms with van der Waals surface area (Å²) in [5, 5.41) is 7.82. The molecule has 0 bridgehead atoms. The molecule has 1 unspecified atom stereocenters. The molecule has 8 heteroatoms. The molecule has 0 fully saturated rings. The maximum Gasteiger partial charge on any atom is 0.387 e. The van der Waals surface area contributed by atoms with Crippen LogP contribution in [0.4, 0.5) is 8.78 Å². The fourth-order valence-corrected chi connectivity index (χ4v) is 4.40. The smallest absolute Gasteiger partial charge is 0.387 e. The number of fused-ring (bicyclic) bond motifs is 1. The Morgan fingerprint density at radius 1 is 1.27 bits per heavy atom. The highest BCUT2D eigenvalue weighted by molar-refractivity contribution is 5.76. The second-order valence-electron chi connectivity index (χ2n) is 8.67. The van der Waals surface area contributed by atoms with Crippen molar-refractivity contribution in [3.05, 3.63) is 65.6 Å². The predicted octanol–water partition coefficient (Wildman–Crippen LogP) is 4.94. The van der Waals surface area contributed by atoms with Crippen molar-refractivity contribution in [2.75, 3.05) is 0 Å². The van der Waals surface area contributed by atoms with Gasteiger partial charge in [0.2, 0.25) is 5.91 Å². The van der Waals surface area contributed by atoms with Gasteiger partial charge in [-0.2, -0.15) is 13.9 Å². The van der Waals surface area contributed by atoms with Crippen LogP contribution in [0.3, 0.4) is 0 Å². The Hall–Kier alpha value is -3.29. The zero-order valence-corrected chi connectivity index (χ0v) is 18.8. The molecular formula is C25H28F2N4O2. The van der Waals surface area contributed by atoms with Crippen LogP contribution in [0.1, 0.15) is 49.6 Å². The highest BCUT2D eigenvalue weighted by atomic mass is 19.3. The number of amides is 1. The normalized spacial score (nSPS) is 15.5. The Morgan fingerprint density at radius 2 is 2.12 bits per heavy atom. The van der Waals surface area contributed by atoms with Gasteiger partial charge < -0.3 is 10.1 Å². The van der Waals surface area contributed by atoms with E-state index in [1.54, 1.807) is 24.5 Å². The molecule has 4 rings (SSSR count). The summed E-state index contributed by atoms with van der Waals surface area (Å²) in [6, 6.07) is 10.6. The molecule has 1 aromatic carbocycles. The monoisotopic (exact) mass is 454 g/mol. The summed E-state index contributed by atoms with van der Waals surface area (Å²) in [5.74, 6) is 0.372. The molecule has 0 spiro atoms. The lowest BCUT2D eigenvalue weighted by atomic mass is 9.83. The van der Waals surface area contributed by atoms with Crippen molar-refractivity contribution in [1.82, 2.24) is 20.1 Å². The maximum absolute atomic E-state index is 12.7. The number of hydrogen-bond donors (Lipinski definition) is 1. The largest absolute Gasteiger partial charge is 0.435 e. The van der Waals surface area contributed by atoms with Crippen LogP contribution in [-0.2, 0) is 24.2 Å². The minimum absolute atomic E-state index is 0.0278. The Bertz CT molecular complexity index is 1100. The van der Waals surface area contributed by atoms with E-state index in [2.05, 4.69) is 28.9 Å². The molecular weight excluding hydrogens is 426 g/mol. The highest BCUT2D eigenvalue weighted by Crippen LogP contribution is 2.36. The van der Waals surface area contributed by atoms with Crippen molar-refractivity contribution in [1.29, 1.82) is 0 Å². The molecule has 174 valence electrons. The van der Waals surface area contributed by atoms with Crippen LogP contribution in [0.2, 0.25) is 0 Å². The van der Waals surface area contributed by atoms with E-state index in [1.165, 1.54) is 6.07 Å². The van der Waals surface area contributed by atoms with E-state index < -0.39 is 6.61 Å². The molecule has 1 amide bonds. The van der Waals surface area contributed by atoms with Crippen LogP contribution in [0.25, 0.3) is 11.3 Å². The molecule has 0 saturated carbocycles. The quantitative estimate of drug-likeness (QED) is 0.524. The number of ether oxygens (including phenoxy) is 1. The van der Waals surface area contributed by atoms with E-state index in [4.69, 9.17) is 5.10 Å². The highest BCUT2D eigenvalue weighted by Gasteiger charge is 2.29. The number of alkyl halides is 2. The summed E-state index contributed by atoms with van der Waals surface area (Å²) in [5.41, 5.74) is 4.79. The Balaban J connectivity index is 1.49. The molecule has 0 saturated heterocycles.